The van der Waals surface area contributed by atoms with Crippen molar-refractivity contribution in [3.05, 3.63) is 131 Å². The first-order valence-electron chi connectivity index (χ1n) is 18.9. The molecule has 1 atom stereocenters. The molecule has 1 aliphatic rings. The molecule has 0 aliphatic heterocycles. The summed E-state index contributed by atoms with van der Waals surface area (Å²) in [6.45, 7) is 15.6. The van der Waals surface area contributed by atoms with Crippen molar-refractivity contribution in [3.8, 4) is 22.3 Å². The van der Waals surface area contributed by atoms with Crippen molar-refractivity contribution >= 4 is 48.1 Å². The summed E-state index contributed by atoms with van der Waals surface area (Å²) >= 11 is -0.826. The molecule has 0 N–H and O–H groups in total. The van der Waals surface area contributed by atoms with Gasteiger partial charge in [-0.2, -0.15) is 12.1 Å². The minimum atomic E-state index is -0.826. The molecular formula is C47H56Cl2SiZr. The second-order valence-corrected chi connectivity index (χ2v) is 19.0. The number of benzene rings is 4. The fourth-order valence-electron chi connectivity index (χ4n) is 7.20. The van der Waals surface area contributed by atoms with Crippen molar-refractivity contribution in [2.75, 3.05) is 0 Å². The Kier molecular flexibility index (Phi) is 17.5. The molecule has 6 aromatic carbocycles. The quantitative estimate of drug-likeness (QED) is 0.111. The van der Waals surface area contributed by atoms with Gasteiger partial charge in [0.1, 0.15) is 0 Å². The van der Waals surface area contributed by atoms with Crippen LogP contribution in [0, 0.1) is 0 Å². The molecule has 1 saturated carbocycles. The van der Waals surface area contributed by atoms with Crippen molar-refractivity contribution in [1.29, 1.82) is 0 Å². The van der Waals surface area contributed by atoms with Crippen LogP contribution in [0.4, 0.5) is 0 Å². The predicted molar refractivity (Wildman–Crippen MR) is 227 cm³/mol. The minimum absolute atomic E-state index is 0.584. The van der Waals surface area contributed by atoms with Crippen molar-refractivity contribution in [3.63, 3.8) is 0 Å². The van der Waals surface area contributed by atoms with Gasteiger partial charge in [0, 0.05) is 9.52 Å². The Labute approximate surface area is 330 Å². The van der Waals surface area contributed by atoms with E-state index >= 15 is 0 Å². The molecular weight excluding hydrogens is 755 g/mol. The zero-order valence-electron chi connectivity index (χ0n) is 31.8. The molecule has 7 rings (SSSR count). The van der Waals surface area contributed by atoms with Crippen LogP contribution in [0.25, 0.3) is 43.8 Å². The summed E-state index contributed by atoms with van der Waals surface area (Å²) < 4.78 is 0. The van der Waals surface area contributed by atoms with Crippen LogP contribution in [-0.2, 0) is 27.3 Å². The summed E-state index contributed by atoms with van der Waals surface area (Å²) in [6, 6.07) is 41.2. The molecule has 1 unspecified atom stereocenters. The summed E-state index contributed by atoms with van der Waals surface area (Å²) in [5, 5.41) is 5.52. The van der Waals surface area contributed by atoms with Crippen molar-refractivity contribution in [2.24, 2.45) is 0 Å². The first-order chi connectivity index (χ1) is 24.8. The second-order valence-electron chi connectivity index (χ2n) is 14.2. The third kappa shape index (κ3) is 11.4. The van der Waals surface area contributed by atoms with Gasteiger partial charge in [-0.15, -0.1) is 69.1 Å². The average Bonchev–Trinajstić information content (AvgIpc) is 3.81. The Balaban J connectivity index is 0.000000199. The Morgan fingerprint density at radius 3 is 1.73 bits per heavy atom. The van der Waals surface area contributed by atoms with Gasteiger partial charge in [-0.3, -0.25) is 0 Å². The van der Waals surface area contributed by atoms with Crippen LogP contribution in [-0.4, -0.2) is 9.52 Å². The summed E-state index contributed by atoms with van der Waals surface area (Å²) in [6.07, 6.45) is 9.27. The molecule has 0 amide bonds. The van der Waals surface area contributed by atoms with Crippen LogP contribution in [0.15, 0.2) is 109 Å². The number of rotatable bonds is 7. The van der Waals surface area contributed by atoms with Gasteiger partial charge in [-0.1, -0.05) is 145 Å². The molecule has 0 heterocycles. The third-order valence-corrected chi connectivity index (χ3v) is 10.4. The first-order valence-corrected chi connectivity index (χ1v) is 27.2. The number of hydrogen-bond donors (Lipinski definition) is 0. The molecule has 51 heavy (non-hydrogen) atoms. The number of fused-ring (bicyclic) bond motifs is 2. The van der Waals surface area contributed by atoms with E-state index < -0.39 is 20.8 Å². The first kappa shape index (κ1) is 41.5. The van der Waals surface area contributed by atoms with E-state index in [4.69, 9.17) is 17.0 Å². The van der Waals surface area contributed by atoms with Gasteiger partial charge in [0.25, 0.3) is 0 Å². The van der Waals surface area contributed by atoms with Crippen LogP contribution < -0.4 is 0 Å². The van der Waals surface area contributed by atoms with E-state index in [1.807, 2.05) is 0 Å². The zero-order chi connectivity index (χ0) is 36.8. The van der Waals surface area contributed by atoms with Crippen LogP contribution in [0.5, 0.6) is 0 Å². The van der Waals surface area contributed by atoms with Crippen LogP contribution >= 0.6 is 17.0 Å². The Bertz CT molecular complexity index is 1870. The summed E-state index contributed by atoms with van der Waals surface area (Å²) in [5.41, 5.74) is 11.2. The maximum atomic E-state index is 4.93. The Morgan fingerprint density at radius 2 is 1.22 bits per heavy atom. The molecule has 1 fully saturated rings. The zero-order valence-corrected chi connectivity index (χ0v) is 36.8. The van der Waals surface area contributed by atoms with E-state index in [1.54, 1.807) is 0 Å². The fourth-order valence-corrected chi connectivity index (χ4v) is 7.20. The SMILES string of the molecule is CCC(C)c1cc2c(-c3ccc(C(C)C)cc3)cccc2[cH-]1.CCc1cc2c(-c3ccc(C4CCCCC4)cc3)cccc2[cH-]1.C[Si]C.[Cl][Zr+2][Cl]. The van der Waals surface area contributed by atoms with Gasteiger partial charge >= 0.3 is 37.9 Å². The maximum absolute atomic E-state index is 4.93. The molecule has 2 radical (unpaired) electrons. The molecule has 6 aromatic rings. The molecule has 0 nitrogen and oxygen atoms in total. The van der Waals surface area contributed by atoms with E-state index in [0.717, 1.165) is 21.9 Å². The predicted octanol–water partition coefficient (Wildman–Crippen LogP) is 15.9. The molecule has 4 heteroatoms. The van der Waals surface area contributed by atoms with E-state index in [2.05, 4.69) is 157 Å². The van der Waals surface area contributed by atoms with E-state index in [1.165, 1.54) is 105 Å². The van der Waals surface area contributed by atoms with Gasteiger partial charge in [-0.05, 0) is 59.3 Å². The molecule has 0 saturated heterocycles. The Hall–Kier alpha value is -2.22. The van der Waals surface area contributed by atoms with Crippen LogP contribution in [0.1, 0.15) is 113 Å². The van der Waals surface area contributed by atoms with E-state index in [9.17, 15) is 0 Å². The van der Waals surface area contributed by atoms with Gasteiger partial charge in [0.2, 0.25) is 0 Å². The van der Waals surface area contributed by atoms with Crippen molar-refractivity contribution in [1.82, 2.24) is 0 Å². The number of hydrogen-bond acceptors (Lipinski definition) is 0. The van der Waals surface area contributed by atoms with Crippen molar-refractivity contribution < 1.29 is 20.8 Å². The summed E-state index contributed by atoms with van der Waals surface area (Å²) in [5.74, 6) is 2.00. The molecule has 0 spiro atoms. The van der Waals surface area contributed by atoms with Gasteiger partial charge < -0.3 is 0 Å². The normalized spacial score (nSPS) is 13.4. The van der Waals surface area contributed by atoms with E-state index in [-0.39, 0.29) is 0 Å². The Morgan fingerprint density at radius 1 is 0.706 bits per heavy atom. The van der Waals surface area contributed by atoms with Crippen LogP contribution in [0.3, 0.4) is 0 Å². The monoisotopic (exact) mass is 808 g/mol. The molecule has 266 valence electrons. The van der Waals surface area contributed by atoms with Crippen LogP contribution in [0.2, 0.25) is 13.1 Å². The molecule has 1 aliphatic carbocycles. The van der Waals surface area contributed by atoms with Gasteiger partial charge in [0.05, 0.1) is 0 Å². The number of aryl methyl sites for hydroxylation is 1. The van der Waals surface area contributed by atoms with E-state index in [0.29, 0.717) is 11.8 Å². The molecule has 0 aromatic heterocycles. The fraction of sp³-hybridized carbons (Fsp3) is 0.362. The van der Waals surface area contributed by atoms with Crippen molar-refractivity contribution in [2.45, 2.75) is 110 Å². The molecule has 0 bridgehead atoms. The standard InChI is InChI=1S/C23H25.C22H25.C2H6Si.2ClH.Zr/c1-2-17-15-21-9-6-10-22(23(21)16-17)20-13-11-19(12-14-20)18-7-4-3-5-8-18;1-5-16(4)20-13-19-7-6-8-21(22(19)14-20)18-11-9-17(10-12-18)15(2)3;1-3-2;;;/h6,9-16,18H,2-5,7-8H2,1H3;6-16H,5H2,1-4H3;1-2H3;2*1H;/q2*-1;;;;+4/p-2. The average molecular weight is 811 g/mol. The summed E-state index contributed by atoms with van der Waals surface area (Å²) in [4.78, 5) is 0. The van der Waals surface area contributed by atoms with Gasteiger partial charge in [0.15, 0.2) is 0 Å². The van der Waals surface area contributed by atoms with Gasteiger partial charge in [-0.25, -0.2) is 0 Å². The third-order valence-electron chi connectivity index (χ3n) is 10.4. The summed E-state index contributed by atoms with van der Waals surface area (Å²) in [7, 11) is 11.0. The number of halogens is 2. The topological polar surface area (TPSA) is 0 Å². The second kappa shape index (κ2) is 21.5.